The van der Waals surface area contributed by atoms with Gasteiger partial charge in [0.05, 0.1) is 18.7 Å². The van der Waals surface area contributed by atoms with E-state index in [4.69, 9.17) is 4.74 Å². The SMILES string of the molecule is Cc1cccc(NC(=O)C[NH+](C)CC(=O)Nc2ccc(C(=O)OC(C)C)cc2)c1C. The first kappa shape index (κ1) is 23.1. The lowest BCUT2D eigenvalue weighted by molar-refractivity contribution is -0.862. The highest BCUT2D eigenvalue weighted by Crippen LogP contribution is 2.17. The molecule has 7 nitrogen and oxygen atoms in total. The second-order valence-electron chi connectivity index (χ2n) is 7.69. The minimum atomic E-state index is -0.401. The van der Waals surface area contributed by atoms with Crippen LogP contribution in [0.5, 0.6) is 0 Å². The zero-order chi connectivity index (χ0) is 22.3. The molecule has 0 aliphatic carbocycles. The second-order valence-corrected chi connectivity index (χ2v) is 7.69. The first-order valence-corrected chi connectivity index (χ1v) is 9.94. The van der Waals surface area contributed by atoms with E-state index >= 15 is 0 Å². The largest absolute Gasteiger partial charge is 0.459 e. The van der Waals surface area contributed by atoms with E-state index in [1.807, 2.05) is 32.0 Å². The van der Waals surface area contributed by atoms with Gasteiger partial charge in [-0.1, -0.05) is 12.1 Å². The molecule has 0 spiro atoms. The van der Waals surface area contributed by atoms with Crippen LogP contribution < -0.4 is 15.5 Å². The molecule has 7 heteroatoms. The van der Waals surface area contributed by atoms with Crippen LogP contribution in [0.4, 0.5) is 11.4 Å². The van der Waals surface area contributed by atoms with E-state index in [0.29, 0.717) is 11.3 Å². The molecular formula is C23H30N3O4+. The molecular weight excluding hydrogens is 382 g/mol. The van der Waals surface area contributed by atoms with Gasteiger partial charge in [-0.25, -0.2) is 4.79 Å². The van der Waals surface area contributed by atoms with Gasteiger partial charge in [-0.05, 0) is 69.2 Å². The zero-order valence-electron chi connectivity index (χ0n) is 18.2. The van der Waals surface area contributed by atoms with Crippen molar-refractivity contribution in [3.05, 3.63) is 59.2 Å². The molecule has 0 fully saturated rings. The Kier molecular flexibility index (Phi) is 8.12. The number of rotatable bonds is 8. The van der Waals surface area contributed by atoms with Gasteiger partial charge < -0.3 is 20.3 Å². The van der Waals surface area contributed by atoms with Crippen molar-refractivity contribution in [2.75, 3.05) is 30.8 Å². The number of amides is 2. The third-order valence-electron chi connectivity index (χ3n) is 4.55. The lowest BCUT2D eigenvalue weighted by atomic mass is 10.1. The van der Waals surface area contributed by atoms with Crippen molar-refractivity contribution in [2.45, 2.75) is 33.8 Å². The van der Waals surface area contributed by atoms with Crippen molar-refractivity contribution in [3.63, 3.8) is 0 Å². The normalized spacial score (nSPS) is 11.7. The quantitative estimate of drug-likeness (QED) is 0.579. The van der Waals surface area contributed by atoms with Crippen LogP contribution >= 0.6 is 0 Å². The van der Waals surface area contributed by atoms with Crippen molar-refractivity contribution in [3.8, 4) is 0 Å². The number of nitrogens with one attached hydrogen (secondary N) is 3. The molecule has 0 aliphatic heterocycles. The van der Waals surface area contributed by atoms with Gasteiger partial charge in [0.15, 0.2) is 13.1 Å². The van der Waals surface area contributed by atoms with Crippen molar-refractivity contribution < 1.29 is 24.0 Å². The molecule has 1 atom stereocenters. The summed E-state index contributed by atoms with van der Waals surface area (Å²) in [6.45, 7) is 7.83. The highest BCUT2D eigenvalue weighted by atomic mass is 16.5. The van der Waals surface area contributed by atoms with E-state index in [1.54, 1.807) is 45.2 Å². The number of hydrogen-bond donors (Lipinski definition) is 3. The first-order valence-electron chi connectivity index (χ1n) is 9.94. The number of aryl methyl sites for hydroxylation is 1. The third-order valence-corrected chi connectivity index (χ3v) is 4.55. The Morgan fingerprint density at radius 2 is 1.53 bits per heavy atom. The van der Waals surface area contributed by atoms with Gasteiger partial charge in [-0.2, -0.15) is 0 Å². The highest BCUT2D eigenvalue weighted by Gasteiger charge is 2.16. The third kappa shape index (κ3) is 7.00. The van der Waals surface area contributed by atoms with Crippen LogP contribution in [0.2, 0.25) is 0 Å². The Labute approximate surface area is 177 Å². The smallest absolute Gasteiger partial charge is 0.338 e. The Hall–Kier alpha value is -3.19. The molecule has 160 valence electrons. The van der Waals surface area contributed by atoms with Gasteiger partial charge in [-0.15, -0.1) is 0 Å². The number of carbonyl (C=O) groups excluding carboxylic acids is 3. The summed E-state index contributed by atoms with van der Waals surface area (Å²) in [5, 5.41) is 5.68. The van der Waals surface area contributed by atoms with Crippen LogP contribution in [0.1, 0.15) is 35.3 Å². The molecule has 30 heavy (non-hydrogen) atoms. The number of anilines is 2. The number of likely N-dealkylation sites (N-methyl/N-ethyl adjacent to an activating group) is 1. The van der Waals surface area contributed by atoms with E-state index in [-0.39, 0.29) is 31.0 Å². The van der Waals surface area contributed by atoms with Crippen molar-refractivity contribution in [1.82, 2.24) is 0 Å². The number of carbonyl (C=O) groups is 3. The molecule has 1 unspecified atom stereocenters. The van der Waals surface area contributed by atoms with E-state index < -0.39 is 5.97 Å². The maximum atomic E-state index is 12.3. The molecule has 2 amide bonds. The molecule has 0 radical (unpaired) electrons. The fourth-order valence-corrected chi connectivity index (χ4v) is 2.87. The molecule has 2 aromatic rings. The number of hydrogen-bond acceptors (Lipinski definition) is 4. The van der Waals surface area contributed by atoms with E-state index in [9.17, 15) is 14.4 Å². The monoisotopic (exact) mass is 412 g/mol. The van der Waals surface area contributed by atoms with E-state index in [0.717, 1.165) is 21.7 Å². The standard InChI is InChI=1S/C23H29N3O4/c1-15(2)30-23(29)18-9-11-19(12-10-18)24-21(27)13-26(5)14-22(28)25-20-8-6-7-16(3)17(20)4/h6-12,15H,13-14H2,1-5H3,(H,24,27)(H,25,28)/p+1. The lowest BCUT2D eigenvalue weighted by Gasteiger charge is -2.15. The van der Waals surface area contributed by atoms with Gasteiger partial charge in [0, 0.05) is 11.4 Å². The summed E-state index contributed by atoms with van der Waals surface area (Å²) in [4.78, 5) is 37.2. The molecule has 2 rings (SSSR count). The average molecular weight is 413 g/mol. The van der Waals surface area contributed by atoms with Crippen LogP contribution in [-0.4, -0.2) is 44.0 Å². The molecule has 0 saturated carbocycles. The maximum absolute atomic E-state index is 12.3. The van der Waals surface area contributed by atoms with Crippen molar-refractivity contribution in [2.24, 2.45) is 0 Å². The minimum absolute atomic E-state index is 0.136. The number of esters is 1. The molecule has 0 aromatic heterocycles. The fourth-order valence-electron chi connectivity index (χ4n) is 2.87. The van der Waals surface area contributed by atoms with Gasteiger partial charge in [0.2, 0.25) is 0 Å². The van der Waals surface area contributed by atoms with Gasteiger partial charge in [0.25, 0.3) is 11.8 Å². The lowest BCUT2D eigenvalue weighted by Crippen LogP contribution is -3.11. The summed E-state index contributed by atoms with van der Waals surface area (Å²) in [5.74, 6) is -0.770. The first-order chi connectivity index (χ1) is 14.2. The molecule has 2 aromatic carbocycles. The number of benzene rings is 2. The average Bonchev–Trinajstić information content (AvgIpc) is 2.65. The van der Waals surface area contributed by atoms with E-state index in [2.05, 4.69) is 10.6 Å². The predicted octanol–water partition coefficient (Wildman–Crippen LogP) is 1.96. The Bertz CT molecular complexity index is 907. The topological polar surface area (TPSA) is 88.9 Å². The maximum Gasteiger partial charge on any atom is 0.338 e. The highest BCUT2D eigenvalue weighted by molar-refractivity contribution is 5.94. The number of quaternary nitrogens is 1. The molecule has 0 heterocycles. The molecule has 3 N–H and O–H groups in total. The molecule has 0 aliphatic rings. The fraction of sp³-hybridized carbons (Fsp3) is 0.348. The Morgan fingerprint density at radius 3 is 2.13 bits per heavy atom. The summed E-state index contributed by atoms with van der Waals surface area (Å²) in [6, 6.07) is 12.3. The Balaban J connectivity index is 1.83. The summed E-state index contributed by atoms with van der Waals surface area (Å²) >= 11 is 0. The van der Waals surface area contributed by atoms with Crippen LogP contribution in [0, 0.1) is 13.8 Å². The summed E-state index contributed by atoms with van der Waals surface area (Å²) in [7, 11) is 1.78. The van der Waals surface area contributed by atoms with Gasteiger partial charge in [0.1, 0.15) is 0 Å². The summed E-state index contributed by atoms with van der Waals surface area (Å²) < 4.78 is 5.14. The van der Waals surface area contributed by atoms with Crippen molar-refractivity contribution in [1.29, 1.82) is 0 Å². The molecule has 0 saturated heterocycles. The van der Waals surface area contributed by atoms with Crippen molar-refractivity contribution >= 4 is 29.2 Å². The summed E-state index contributed by atoms with van der Waals surface area (Å²) in [6.07, 6.45) is -0.192. The van der Waals surface area contributed by atoms with E-state index in [1.165, 1.54) is 0 Å². The van der Waals surface area contributed by atoms with Crippen LogP contribution in [-0.2, 0) is 14.3 Å². The second kappa shape index (κ2) is 10.5. The van der Waals surface area contributed by atoms with Gasteiger partial charge in [-0.3, -0.25) is 9.59 Å². The number of ether oxygens (including phenoxy) is 1. The van der Waals surface area contributed by atoms with Crippen LogP contribution in [0.3, 0.4) is 0 Å². The Morgan fingerprint density at radius 1 is 0.933 bits per heavy atom. The minimum Gasteiger partial charge on any atom is -0.459 e. The van der Waals surface area contributed by atoms with Crippen LogP contribution in [0.25, 0.3) is 0 Å². The predicted molar refractivity (Wildman–Crippen MR) is 117 cm³/mol. The molecule has 0 bridgehead atoms. The zero-order valence-corrected chi connectivity index (χ0v) is 18.2. The van der Waals surface area contributed by atoms with Crippen LogP contribution in [0.15, 0.2) is 42.5 Å². The summed E-state index contributed by atoms with van der Waals surface area (Å²) in [5.41, 5.74) is 3.92. The van der Waals surface area contributed by atoms with Gasteiger partial charge >= 0.3 is 5.97 Å².